The molecule has 2 aromatic carbocycles. The molecule has 34 heavy (non-hydrogen) atoms. The predicted molar refractivity (Wildman–Crippen MR) is 131 cm³/mol. The van der Waals surface area contributed by atoms with E-state index in [0.29, 0.717) is 35.3 Å². The number of phenolic OH excluding ortho intramolecular Hbond substituents is 1. The van der Waals surface area contributed by atoms with Gasteiger partial charge in [-0.15, -0.1) is 0 Å². The van der Waals surface area contributed by atoms with Crippen molar-refractivity contribution in [2.45, 2.75) is 32.2 Å². The number of aromatic amines is 1. The van der Waals surface area contributed by atoms with Crippen LogP contribution in [0.4, 0.5) is 0 Å². The highest BCUT2D eigenvalue weighted by molar-refractivity contribution is 5.77. The van der Waals surface area contributed by atoms with Crippen LogP contribution in [0.5, 0.6) is 11.5 Å². The number of rotatable bonds is 8. The van der Waals surface area contributed by atoms with Crippen LogP contribution in [-0.2, 0) is 4.79 Å². The Morgan fingerprint density at radius 2 is 2.09 bits per heavy atom. The topological polar surface area (TPSA) is 108 Å². The first kappa shape index (κ1) is 23.5. The molecule has 1 unspecified atom stereocenters. The number of likely N-dealkylation sites (tertiary alicyclic amines) is 1. The van der Waals surface area contributed by atoms with Crippen molar-refractivity contribution in [2.24, 2.45) is 0 Å². The Balaban J connectivity index is 1.40. The molecule has 178 valence electrons. The minimum atomic E-state index is -0.475. The van der Waals surface area contributed by atoms with Crippen molar-refractivity contribution in [1.29, 1.82) is 0 Å². The molecule has 1 aliphatic rings. The summed E-state index contributed by atoms with van der Waals surface area (Å²) in [5.41, 5.74) is 2.77. The van der Waals surface area contributed by atoms with Gasteiger partial charge in [0.15, 0.2) is 6.61 Å². The van der Waals surface area contributed by atoms with Crippen molar-refractivity contribution in [3.05, 3.63) is 64.6 Å². The van der Waals surface area contributed by atoms with Crippen LogP contribution in [-0.4, -0.2) is 58.7 Å². The molecule has 0 radical (unpaired) electrons. The zero-order valence-electron chi connectivity index (χ0n) is 19.5. The molecule has 4 rings (SSSR count). The van der Waals surface area contributed by atoms with Crippen molar-refractivity contribution in [3.63, 3.8) is 0 Å². The van der Waals surface area contributed by atoms with E-state index in [0.717, 1.165) is 24.1 Å². The van der Waals surface area contributed by atoms with E-state index in [1.54, 1.807) is 43.3 Å². The van der Waals surface area contributed by atoms with Gasteiger partial charge in [0.05, 0.1) is 11.4 Å². The lowest BCUT2D eigenvalue weighted by molar-refractivity contribution is -0.123. The number of nitrogens with one attached hydrogen (secondary N) is 2. The Morgan fingerprint density at radius 1 is 1.24 bits per heavy atom. The summed E-state index contributed by atoms with van der Waals surface area (Å²) in [5.74, 6) is 0.560. The predicted octanol–water partition coefficient (Wildman–Crippen LogP) is 3.10. The molecule has 8 nitrogen and oxygen atoms in total. The normalized spacial score (nSPS) is 15.9. The molecule has 1 aromatic heterocycles. The van der Waals surface area contributed by atoms with Gasteiger partial charge >= 0.3 is 5.69 Å². The number of aromatic hydroxyl groups is 1. The summed E-state index contributed by atoms with van der Waals surface area (Å²) in [6, 6.07) is 14.6. The van der Waals surface area contributed by atoms with Crippen LogP contribution >= 0.6 is 0 Å². The molecule has 1 aliphatic heterocycles. The molecule has 1 atom stereocenters. The van der Waals surface area contributed by atoms with Crippen LogP contribution in [0, 0.1) is 6.92 Å². The fourth-order valence-electron chi connectivity index (χ4n) is 4.25. The van der Waals surface area contributed by atoms with Crippen molar-refractivity contribution >= 4 is 5.91 Å². The number of aromatic nitrogens is 2. The summed E-state index contributed by atoms with van der Waals surface area (Å²) in [5, 5.41) is 12.7. The number of amides is 1. The van der Waals surface area contributed by atoms with Crippen LogP contribution in [0.1, 0.15) is 24.8 Å². The number of ether oxygens (including phenoxy) is 1. The summed E-state index contributed by atoms with van der Waals surface area (Å²) >= 11 is 0. The Morgan fingerprint density at radius 3 is 2.85 bits per heavy atom. The Bertz CT molecular complexity index is 1220. The van der Waals surface area contributed by atoms with Crippen LogP contribution in [0.15, 0.2) is 53.3 Å². The van der Waals surface area contributed by atoms with Gasteiger partial charge in [0, 0.05) is 23.7 Å². The Kier molecular flexibility index (Phi) is 7.27. The van der Waals surface area contributed by atoms with E-state index >= 15 is 0 Å². The Hall–Kier alpha value is -3.65. The SMILES string of the molecule is Cc1cc(-c2cc(-c3cccc(OCC(=O)NCCC4CCCN4C)c3)[nH]c(=O)n2)ccc1O. The molecule has 0 bridgehead atoms. The minimum absolute atomic E-state index is 0.0745. The number of carbonyl (C=O) groups excluding carboxylic acids is 1. The van der Waals surface area contributed by atoms with E-state index in [1.807, 2.05) is 12.1 Å². The number of carbonyl (C=O) groups is 1. The molecule has 3 aromatic rings. The average molecular weight is 463 g/mol. The molecular weight excluding hydrogens is 432 g/mol. The first-order valence-electron chi connectivity index (χ1n) is 11.5. The van der Waals surface area contributed by atoms with Gasteiger partial charge in [-0.1, -0.05) is 12.1 Å². The van der Waals surface area contributed by atoms with Gasteiger partial charge < -0.3 is 25.0 Å². The van der Waals surface area contributed by atoms with Crippen molar-refractivity contribution < 1.29 is 14.6 Å². The van der Waals surface area contributed by atoms with Crippen LogP contribution < -0.4 is 15.7 Å². The molecule has 1 amide bonds. The van der Waals surface area contributed by atoms with E-state index < -0.39 is 5.69 Å². The van der Waals surface area contributed by atoms with Gasteiger partial charge in [0.2, 0.25) is 0 Å². The third-order valence-electron chi connectivity index (χ3n) is 6.22. The van der Waals surface area contributed by atoms with Gasteiger partial charge in [0.1, 0.15) is 11.5 Å². The number of H-pyrrole nitrogens is 1. The summed E-state index contributed by atoms with van der Waals surface area (Å²) in [7, 11) is 2.13. The molecule has 1 saturated heterocycles. The van der Waals surface area contributed by atoms with Crippen LogP contribution in [0.2, 0.25) is 0 Å². The summed E-state index contributed by atoms with van der Waals surface area (Å²) in [6.07, 6.45) is 3.34. The van der Waals surface area contributed by atoms with Gasteiger partial charge in [-0.25, -0.2) is 4.79 Å². The number of hydrogen-bond donors (Lipinski definition) is 3. The van der Waals surface area contributed by atoms with Gasteiger partial charge in [-0.3, -0.25) is 4.79 Å². The second-order valence-electron chi connectivity index (χ2n) is 8.72. The lowest BCUT2D eigenvalue weighted by atomic mass is 10.1. The highest BCUT2D eigenvalue weighted by Crippen LogP contribution is 2.27. The number of hydrogen-bond acceptors (Lipinski definition) is 6. The first-order valence-corrected chi connectivity index (χ1v) is 11.5. The van der Waals surface area contributed by atoms with E-state index in [1.165, 1.54) is 12.8 Å². The molecule has 0 spiro atoms. The zero-order valence-corrected chi connectivity index (χ0v) is 19.5. The maximum Gasteiger partial charge on any atom is 0.345 e. The first-order chi connectivity index (χ1) is 16.4. The maximum atomic E-state index is 12.2. The number of benzene rings is 2. The maximum absolute atomic E-state index is 12.2. The van der Waals surface area contributed by atoms with Crippen molar-refractivity contribution in [1.82, 2.24) is 20.2 Å². The highest BCUT2D eigenvalue weighted by atomic mass is 16.5. The second-order valence-corrected chi connectivity index (χ2v) is 8.72. The largest absolute Gasteiger partial charge is 0.508 e. The summed E-state index contributed by atoms with van der Waals surface area (Å²) in [4.78, 5) is 33.6. The fraction of sp³-hybridized carbons (Fsp3) is 0.346. The summed E-state index contributed by atoms with van der Waals surface area (Å²) in [6.45, 7) is 3.47. The van der Waals surface area contributed by atoms with E-state index in [9.17, 15) is 14.7 Å². The summed E-state index contributed by atoms with van der Waals surface area (Å²) < 4.78 is 5.69. The fourth-order valence-corrected chi connectivity index (χ4v) is 4.25. The van der Waals surface area contributed by atoms with Gasteiger partial charge in [-0.2, -0.15) is 4.98 Å². The number of phenols is 1. The monoisotopic (exact) mass is 462 g/mol. The second kappa shape index (κ2) is 10.5. The molecular formula is C26H30N4O4. The molecule has 0 aliphatic carbocycles. The van der Waals surface area contributed by atoms with E-state index in [4.69, 9.17) is 4.74 Å². The lowest BCUT2D eigenvalue weighted by Crippen LogP contribution is -2.34. The highest BCUT2D eigenvalue weighted by Gasteiger charge is 2.20. The minimum Gasteiger partial charge on any atom is -0.508 e. The third-order valence-corrected chi connectivity index (χ3v) is 6.22. The van der Waals surface area contributed by atoms with E-state index in [-0.39, 0.29) is 18.3 Å². The van der Waals surface area contributed by atoms with Crippen molar-refractivity contribution in [3.8, 4) is 34.0 Å². The molecule has 3 N–H and O–H groups in total. The standard InChI is InChI=1S/C26H30N4O4/c1-17-13-19(8-9-24(17)31)23-15-22(28-26(33)29-23)18-5-3-7-21(14-18)34-16-25(32)27-11-10-20-6-4-12-30(20)2/h3,5,7-9,13-15,20,31H,4,6,10-12,16H2,1-2H3,(H,27,32)(H,28,29,33). The Labute approximate surface area is 198 Å². The molecule has 2 heterocycles. The quantitative estimate of drug-likeness (QED) is 0.475. The number of aryl methyl sites for hydroxylation is 1. The molecule has 1 fully saturated rings. The number of nitrogens with zero attached hydrogens (tertiary/aromatic N) is 2. The lowest BCUT2D eigenvalue weighted by Gasteiger charge is -2.19. The zero-order chi connectivity index (χ0) is 24.1. The van der Waals surface area contributed by atoms with Crippen LogP contribution in [0.3, 0.4) is 0 Å². The average Bonchev–Trinajstić information content (AvgIpc) is 3.24. The molecule has 0 saturated carbocycles. The van der Waals surface area contributed by atoms with Crippen molar-refractivity contribution in [2.75, 3.05) is 26.7 Å². The smallest absolute Gasteiger partial charge is 0.345 e. The molecule has 8 heteroatoms. The third kappa shape index (κ3) is 5.82. The van der Waals surface area contributed by atoms with E-state index in [2.05, 4.69) is 27.2 Å². The van der Waals surface area contributed by atoms with Gasteiger partial charge in [0.25, 0.3) is 5.91 Å². The van der Waals surface area contributed by atoms with Crippen LogP contribution in [0.25, 0.3) is 22.5 Å². The van der Waals surface area contributed by atoms with Gasteiger partial charge in [-0.05, 0) is 81.7 Å².